The van der Waals surface area contributed by atoms with E-state index in [0.29, 0.717) is 44.8 Å². The Balaban J connectivity index is 1.79. The fourth-order valence-electron chi connectivity index (χ4n) is 6.24. The number of ether oxygens (including phenoxy) is 1. The van der Waals surface area contributed by atoms with Crippen LogP contribution < -0.4 is 10.5 Å². The lowest BCUT2D eigenvalue weighted by Crippen LogP contribution is -2.49. The van der Waals surface area contributed by atoms with Crippen molar-refractivity contribution in [2.45, 2.75) is 58.0 Å². The van der Waals surface area contributed by atoms with E-state index in [4.69, 9.17) is 26.5 Å². The number of nitrogens with zero attached hydrogens (tertiary/aromatic N) is 3. The normalized spacial score (nSPS) is 23.1. The standard InChI is InChI=1S/C29H33ClN4O5/c1-14-13-20(16(3)39-14)26(35)23-22(17-9-11-19(38-5)12-10-17)25(28(31)36)34(29(37)18-7-6-8-18)24(23)21-15(2)32-33(4)27(21)30/h9-13,18,22-25H,6-8H2,1-5H3,(H2,31,36). The minimum atomic E-state index is -1.07. The summed E-state index contributed by atoms with van der Waals surface area (Å²) in [5.41, 5.74) is 8.31. The SMILES string of the molecule is COc1ccc(C2C(C(=O)c3cc(C)oc3C)C(c3c(C)nn(C)c3Cl)N(C(=O)C3CCC3)C2C(N)=O)cc1. The molecule has 2 fully saturated rings. The molecule has 0 spiro atoms. The molecule has 9 nitrogen and oxygen atoms in total. The van der Waals surface area contributed by atoms with Gasteiger partial charge in [-0.15, -0.1) is 0 Å². The number of likely N-dealkylation sites (tertiary alicyclic amines) is 1. The lowest BCUT2D eigenvalue weighted by molar-refractivity contribution is -0.145. The Kier molecular flexibility index (Phi) is 7.05. The number of primary amides is 1. The molecule has 3 aromatic rings. The van der Waals surface area contributed by atoms with Crippen LogP contribution in [0.1, 0.15) is 69.9 Å². The number of furan rings is 1. The number of aromatic nitrogens is 2. The monoisotopic (exact) mass is 552 g/mol. The maximum Gasteiger partial charge on any atom is 0.240 e. The summed E-state index contributed by atoms with van der Waals surface area (Å²) in [6.07, 6.45) is 2.37. The van der Waals surface area contributed by atoms with Crippen molar-refractivity contribution in [1.29, 1.82) is 0 Å². The van der Waals surface area contributed by atoms with Crippen molar-refractivity contribution in [3.63, 3.8) is 0 Å². The number of amides is 2. The smallest absolute Gasteiger partial charge is 0.240 e. The first kappa shape index (κ1) is 27.0. The fraction of sp³-hybridized carbons (Fsp3) is 0.448. The number of aryl methyl sites for hydroxylation is 4. The zero-order chi connectivity index (χ0) is 28.2. The zero-order valence-corrected chi connectivity index (χ0v) is 23.5. The largest absolute Gasteiger partial charge is 0.497 e. The minimum absolute atomic E-state index is 0.191. The van der Waals surface area contributed by atoms with Gasteiger partial charge in [-0.3, -0.25) is 19.1 Å². The van der Waals surface area contributed by atoms with Crippen LogP contribution >= 0.6 is 11.6 Å². The van der Waals surface area contributed by atoms with Gasteiger partial charge in [0.15, 0.2) is 5.78 Å². The Bertz CT molecular complexity index is 1440. The third kappa shape index (κ3) is 4.42. The second-order valence-corrected chi connectivity index (χ2v) is 11.0. The van der Waals surface area contributed by atoms with Gasteiger partial charge in [0.05, 0.1) is 30.3 Å². The van der Waals surface area contributed by atoms with Gasteiger partial charge in [-0.2, -0.15) is 5.10 Å². The van der Waals surface area contributed by atoms with Crippen molar-refractivity contribution in [2.75, 3.05) is 7.11 Å². The van der Waals surface area contributed by atoms with E-state index in [9.17, 15) is 14.4 Å². The highest BCUT2D eigenvalue weighted by molar-refractivity contribution is 6.30. The first-order valence-electron chi connectivity index (χ1n) is 13.1. The molecule has 206 valence electrons. The third-order valence-electron chi connectivity index (χ3n) is 8.27. The first-order valence-corrected chi connectivity index (χ1v) is 13.5. The lowest BCUT2D eigenvalue weighted by atomic mass is 9.76. The highest BCUT2D eigenvalue weighted by Gasteiger charge is 2.59. The van der Waals surface area contributed by atoms with Crippen molar-refractivity contribution in [3.8, 4) is 5.75 Å². The number of nitrogens with two attached hydrogens (primary N) is 1. The maximum absolute atomic E-state index is 14.5. The predicted molar refractivity (Wildman–Crippen MR) is 145 cm³/mol. The topological polar surface area (TPSA) is 121 Å². The van der Waals surface area contributed by atoms with Crippen molar-refractivity contribution in [1.82, 2.24) is 14.7 Å². The average Bonchev–Trinajstić information content (AvgIpc) is 3.47. The summed E-state index contributed by atoms with van der Waals surface area (Å²) in [7, 11) is 3.27. The Labute approximate surface area is 232 Å². The van der Waals surface area contributed by atoms with Crippen LogP contribution in [-0.2, 0) is 16.6 Å². The molecule has 1 saturated carbocycles. The van der Waals surface area contributed by atoms with Crippen LogP contribution in [0.3, 0.4) is 0 Å². The number of halogens is 1. The first-order chi connectivity index (χ1) is 18.5. The molecule has 3 heterocycles. The summed E-state index contributed by atoms with van der Waals surface area (Å²) >= 11 is 6.80. The number of Topliss-reactive ketones (excluding diaryl/α,β-unsaturated/α-hetero) is 1. The number of carbonyl (C=O) groups is 3. The van der Waals surface area contributed by atoms with Crippen LogP contribution in [0.2, 0.25) is 5.15 Å². The highest BCUT2D eigenvalue weighted by atomic mass is 35.5. The van der Waals surface area contributed by atoms with E-state index in [0.717, 1.165) is 19.3 Å². The van der Waals surface area contributed by atoms with E-state index >= 15 is 0 Å². The van der Waals surface area contributed by atoms with Gasteiger partial charge in [0.25, 0.3) is 0 Å². The number of methoxy groups -OCH3 is 1. The van der Waals surface area contributed by atoms with Gasteiger partial charge in [0.1, 0.15) is 28.5 Å². The van der Waals surface area contributed by atoms with Gasteiger partial charge in [0, 0.05) is 24.4 Å². The van der Waals surface area contributed by atoms with Gasteiger partial charge in [-0.25, -0.2) is 0 Å². The molecule has 4 unspecified atom stereocenters. The molecule has 1 aliphatic carbocycles. The lowest BCUT2D eigenvalue weighted by Gasteiger charge is -2.36. The fourth-order valence-corrected chi connectivity index (χ4v) is 6.53. The second-order valence-electron chi connectivity index (χ2n) is 10.6. The van der Waals surface area contributed by atoms with Gasteiger partial charge >= 0.3 is 0 Å². The van der Waals surface area contributed by atoms with Gasteiger partial charge < -0.3 is 19.8 Å². The number of ketones is 1. The molecule has 4 atom stereocenters. The molecule has 1 aliphatic heterocycles. The van der Waals surface area contributed by atoms with Gasteiger partial charge in [-0.1, -0.05) is 30.2 Å². The number of hydrogen-bond acceptors (Lipinski definition) is 6. The molecule has 0 bridgehead atoms. The van der Waals surface area contributed by atoms with Crippen LogP contribution in [0.4, 0.5) is 0 Å². The quantitative estimate of drug-likeness (QED) is 0.433. The molecule has 2 N–H and O–H groups in total. The van der Waals surface area contributed by atoms with Crippen LogP contribution in [0.25, 0.3) is 0 Å². The van der Waals surface area contributed by atoms with E-state index in [1.165, 1.54) is 4.68 Å². The van der Waals surface area contributed by atoms with E-state index < -0.39 is 29.8 Å². The van der Waals surface area contributed by atoms with Crippen molar-refractivity contribution >= 4 is 29.2 Å². The summed E-state index contributed by atoms with van der Waals surface area (Å²) in [4.78, 5) is 43.5. The van der Waals surface area contributed by atoms with Crippen LogP contribution in [0.5, 0.6) is 5.75 Å². The molecule has 2 amide bonds. The minimum Gasteiger partial charge on any atom is -0.497 e. The van der Waals surface area contributed by atoms with Crippen LogP contribution in [0, 0.1) is 32.6 Å². The van der Waals surface area contributed by atoms with E-state index in [2.05, 4.69) is 5.10 Å². The summed E-state index contributed by atoms with van der Waals surface area (Å²) in [5.74, 6) is -1.28. The average molecular weight is 553 g/mol. The molecule has 10 heteroatoms. The molecular weight excluding hydrogens is 520 g/mol. The number of benzene rings is 1. The molecule has 2 aliphatic rings. The van der Waals surface area contributed by atoms with Gasteiger partial charge in [-0.05, 0) is 57.4 Å². The summed E-state index contributed by atoms with van der Waals surface area (Å²) < 4.78 is 12.6. The Morgan fingerprint density at radius 1 is 1.13 bits per heavy atom. The number of carbonyl (C=O) groups excluding carboxylic acids is 3. The van der Waals surface area contributed by atoms with E-state index in [1.54, 1.807) is 58.0 Å². The second kappa shape index (κ2) is 10.2. The van der Waals surface area contributed by atoms with Crippen LogP contribution in [-0.4, -0.2) is 45.4 Å². The molecule has 1 aromatic carbocycles. The third-order valence-corrected chi connectivity index (χ3v) is 8.72. The van der Waals surface area contributed by atoms with E-state index in [-0.39, 0.29) is 17.6 Å². The number of hydrogen-bond donors (Lipinski definition) is 1. The van der Waals surface area contributed by atoms with Crippen molar-refractivity contribution in [2.24, 2.45) is 24.6 Å². The molecule has 0 radical (unpaired) electrons. The Hall–Kier alpha value is -3.59. The molecule has 2 aromatic heterocycles. The Morgan fingerprint density at radius 2 is 1.79 bits per heavy atom. The summed E-state index contributed by atoms with van der Waals surface area (Å²) in [6, 6.07) is 6.96. The maximum atomic E-state index is 14.5. The van der Waals surface area contributed by atoms with Crippen LogP contribution in [0.15, 0.2) is 34.7 Å². The molecule has 5 rings (SSSR count). The van der Waals surface area contributed by atoms with E-state index in [1.807, 2.05) is 12.1 Å². The predicted octanol–water partition coefficient (Wildman–Crippen LogP) is 4.42. The molecule has 1 saturated heterocycles. The summed E-state index contributed by atoms with van der Waals surface area (Å²) in [6.45, 7) is 5.30. The molecule has 39 heavy (non-hydrogen) atoms. The van der Waals surface area contributed by atoms with Gasteiger partial charge in [0.2, 0.25) is 11.8 Å². The Morgan fingerprint density at radius 3 is 2.26 bits per heavy atom. The highest BCUT2D eigenvalue weighted by Crippen LogP contribution is 2.54. The number of rotatable bonds is 7. The zero-order valence-electron chi connectivity index (χ0n) is 22.7. The summed E-state index contributed by atoms with van der Waals surface area (Å²) in [5, 5.41) is 4.80. The van der Waals surface area contributed by atoms with Crippen molar-refractivity contribution < 1.29 is 23.5 Å². The molecular formula is C29H33ClN4O5. The van der Waals surface area contributed by atoms with Crippen molar-refractivity contribution in [3.05, 3.63) is 69.4 Å².